The van der Waals surface area contributed by atoms with Gasteiger partial charge in [-0.1, -0.05) is 150 Å². The number of carbonyl (C=O) groups excluding carboxylic acids is 12. The van der Waals surface area contributed by atoms with E-state index in [0.717, 1.165) is 68.1 Å². The predicted octanol–water partition coefficient (Wildman–Crippen LogP) is 6.61. The topological polar surface area (TPSA) is 341 Å². The van der Waals surface area contributed by atoms with Crippen molar-refractivity contribution in [1.82, 2.24) is 47.9 Å². The molecule has 0 heterocycles. The van der Waals surface area contributed by atoms with Crippen molar-refractivity contribution in [3.8, 4) is 17.2 Å². The summed E-state index contributed by atoms with van der Waals surface area (Å²) in [7, 11) is 4.53. The van der Waals surface area contributed by atoms with Gasteiger partial charge in [-0.3, -0.25) is 57.5 Å². The van der Waals surface area contributed by atoms with Crippen LogP contribution in [0.1, 0.15) is 140 Å². The molecule has 0 aromatic heterocycles. The molecule has 6 atom stereocenters. The lowest BCUT2D eigenvalue weighted by molar-refractivity contribution is -0.140. The van der Waals surface area contributed by atoms with Crippen LogP contribution in [0, 0.1) is 17.8 Å². The molecule has 0 saturated heterocycles. The van der Waals surface area contributed by atoms with Crippen molar-refractivity contribution in [3.63, 3.8) is 0 Å². The van der Waals surface area contributed by atoms with E-state index in [4.69, 9.17) is 14.2 Å². The highest BCUT2D eigenvalue weighted by Gasteiger charge is 2.39. The quantitative estimate of drug-likeness (QED) is 0.0189. The predicted molar refractivity (Wildman–Crippen MR) is 389 cm³/mol. The summed E-state index contributed by atoms with van der Waals surface area (Å²) in [5.74, 6) is -5.19. The van der Waals surface area contributed by atoms with Gasteiger partial charge in [0.25, 0.3) is 35.4 Å². The molecule has 24 nitrogen and oxygen atoms in total. The first kappa shape index (κ1) is 78.7. The molecule has 104 heavy (non-hydrogen) atoms. The Kier molecular flexibility index (Phi) is 29.4. The van der Waals surface area contributed by atoms with Gasteiger partial charge in [-0.05, 0) is 140 Å². The summed E-state index contributed by atoms with van der Waals surface area (Å²) in [6.07, 6.45) is 8.45. The molecule has 4 fully saturated rings. The average molecular weight is 1420 g/mol. The van der Waals surface area contributed by atoms with Crippen LogP contribution >= 0.6 is 0 Å². The molecule has 4 aliphatic carbocycles. The first-order valence-electron chi connectivity index (χ1n) is 35.4. The third-order valence-electron chi connectivity index (χ3n) is 17.6. The molecular weight excluding hydrogens is 1330 g/mol. The lowest BCUT2D eigenvalue weighted by Gasteiger charge is -2.25. The molecule has 550 valence electrons. The second kappa shape index (κ2) is 38.8. The SMILES string of the molecule is COc1cccc(C(=O)N[C@@H](CC(C)C)C(=O)NC(Cc2ccccc2)C(=O)C(=O)NC2CC2)c1.COc1cccc(C(=O)N[C@@H](CC2CC2)C(=O)NC(Cc2ccccc2)C(=O)C(=O)NC2CC2)c1.COc1cccc(C(=O)N[C@H](C(=O)NC(Cc2ccccc2)C(=O)C(=O)NC2CC2)C(C)C)c1. The average Bonchev–Trinajstić information content (AvgIpc) is 1.37. The maximum atomic E-state index is 13.3. The van der Waals surface area contributed by atoms with E-state index in [1.54, 1.807) is 86.6 Å². The van der Waals surface area contributed by atoms with E-state index in [1.165, 1.54) is 21.3 Å². The molecule has 9 N–H and O–H groups in total. The Morgan fingerprint density at radius 3 is 0.981 bits per heavy atom. The Hall–Kier alpha value is -11.0. The molecule has 0 bridgehead atoms. The number of amides is 9. The molecular formula is C80H95N9O15. The first-order valence-corrected chi connectivity index (χ1v) is 35.4. The normalized spacial score (nSPS) is 15.2. The highest BCUT2D eigenvalue weighted by Crippen LogP contribution is 2.34. The Labute approximate surface area is 606 Å². The Bertz CT molecular complexity index is 3810. The van der Waals surface area contributed by atoms with Crippen molar-refractivity contribution >= 4 is 70.5 Å². The zero-order valence-electron chi connectivity index (χ0n) is 59.8. The molecule has 10 rings (SSSR count). The fourth-order valence-corrected chi connectivity index (χ4v) is 11.1. The fourth-order valence-electron chi connectivity index (χ4n) is 11.1. The van der Waals surface area contributed by atoms with E-state index in [-0.39, 0.29) is 49.2 Å². The van der Waals surface area contributed by atoms with Gasteiger partial charge >= 0.3 is 0 Å². The van der Waals surface area contributed by atoms with E-state index in [2.05, 4.69) is 47.9 Å². The number of hydrogen-bond acceptors (Lipinski definition) is 15. The number of methoxy groups -OCH3 is 3. The van der Waals surface area contributed by atoms with Gasteiger partial charge in [0.2, 0.25) is 35.1 Å². The van der Waals surface area contributed by atoms with Gasteiger partial charge < -0.3 is 62.1 Å². The van der Waals surface area contributed by atoms with Crippen LogP contribution < -0.4 is 62.1 Å². The fraction of sp³-hybridized carbons (Fsp3) is 0.400. The van der Waals surface area contributed by atoms with E-state index in [9.17, 15) is 57.5 Å². The Balaban J connectivity index is 0.000000197. The summed E-state index contributed by atoms with van der Waals surface area (Å²) >= 11 is 0. The van der Waals surface area contributed by atoms with Gasteiger partial charge in [0.15, 0.2) is 0 Å². The molecule has 0 aliphatic heterocycles. The minimum atomic E-state index is -1.05. The van der Waals surface area contributed by atoms with Crippen LogP contribution in [0.2, 0.25) is 0 Å². The van der Waals surface area contributed by atoms with Crippen molar-refractivity contribution in [2.75, 3.05) is 21.3 Å². The molecule has 4 saturated carbocycles. The molecule has 24 heteroatoms. The van der Waals surface area contributed by atoms with Gasteiger partial charge in [0, 0.05) is 54.1 Å². The minimum Gasteiger partial charge on any atom is -0.497 e. The van der Waals surface area contributed by atoms with E-state index in [1.807, 2.05) is 105 Å². The molecule has 6 aromatic carbocycles. The summed E-state index contributed by atoms with van der Waals surface area (Å²) in [5.41, 5.74) is 3.52. The van der Waals surface area contributed by atoms with Gasteiger partial charge in [-0.25, -0.2) is 0 Å². The van der Waals surface area contributed by atoms with Crippen LogP contribution in [0.4, 0.5) is 0 Å². The van der Waals surface area contributed by atoms with E-state index < -0.39 is 107 Å². The molecule has 0 spiro atoms. The highest BCUT2D eigenvalue weighted by atomic mass is 16.5. The van der Waals surface area contributed by atoms with Crippen LogP contribution in [0.15, 0.2) is 164 Å². The van der Waals surface area contributed by atoms with Crippen LogP contribution in [0.3, 0.4) is 0 Å². The Morgan fingerprint density at radius 2 is 0.673 bits per heavy atom. The van der Waals surface area contributed by atoms with E-state index >= 15 is 0 Å². The first-order chi connectivity index (χ1) is 50.0. The van der Waals surface area contributed by atoms with E-state index in [0.29, 0.717) is 52.7 Å². The number of carbonyl (C=O) groups is 12. The van der Waals surface area contributed by atoms with Gasteiger partial charge in [-0.2, -0.15) is 0 Å². The molecule has 6 aromatic rings. The molecule has 4 aliphatic rings. The summed E-state index contributed by atoms with van der Waals surface area (Å²) in [6.45, 7) is 7.47. The lowest BCUT2D eigenvalue weighted by Crippen LogP contribution is -2.56. The zero-order chi connectivity index (χ0) is 74.8. The van der Waals surface area contributed by atoms with Crippen molar-refractivity contribution in [1.29, 1.82) is 0 Å². The molecule has 9 amide bonds. The number of hydrogen-bond donors (Lipinski definition) is 9. The second-order valence-electron chi connectivity index (χ2n) is 27.3. The summed E-state index contributed by atoms with van der Waals surface area (Å²) < 4.78 is 15.5. The molecule has 3 unspecified atom stereocenters. The third-order valence-corrected chi connectivity index (χ3v) is 17.6. The second-order valence-corrected chi connectivity index (χ2v) is 27.3. The number of nitrogens with one attached hydrogen (secondary N) is 9. The van der Waals surface area contributed by atoms with Crippen molar-refractivity contribution in [2.24, 2.45) is 17.8 Å². The van der Waals surface area contributed by atoms with Gasteiger partial charge in [0.1, 0.15) is 53.5 Å². The zero-order valence-corrected chi connectivity index (χ0v) is 59.8. The van der Waals surface area contributed by atoms with Crippen LogP contribution in [0.25, 0.3) is 0 Å². The van der Waals surface area contributed by atoms with Crippen molar-refractivity contribution in [2.45, 2.75) is 166 Å². The van der Waals surface area contributed by atoms with Gasteiger partial charge in [0.05, 0.1) is 21.3 Å². The third kappa shape index (κ3) is 25.8. The number of ether oxygens (including phenoxy) is 3. The smallest absolute Gasteiger partial charge is 0.289 e. The number of Topliss-reactive ketones (excluding diaryl/α,β-unsaturated/α-hetero) is 3. The van der Waals surface area contributed by atoms with Crippen LogP contribution in [-0.4, -0.2) is 146 Å². The minimum absolute atomic E-state index is 0.0232. The van der Waals surface area contributed by atoms with Crippen molar-refractivity contribution in [3.05, 3.63) is 197 Å². The lowest BCUT2D eigenvalue weighted by atomic mass is 9.98. The maximum Gasteiger partial charge on any atom is 0.289 e. The highest BCUT2D eigenvalue weighted by molar-refractivity contribution is 6.39. The summed E-state index contributed by atoms with van der Waals surface area (Å²) in [5, 5.41) is 24.6. The number of benzene rings is 6. The summed E-state index contributed by atoms with van der Waals surface area (Å²) in [4.78, 5) is 155. The van der Waals surface area contributed by atoms with Crippen molar-refractivity contribution < 1.29 is 71.7 Å². The largest absolute Gasteiger partial charge is 0.497 e. The molecule has 0 radical (unpaired) electrons. The monoisotopic (exact) mass is 1420 g/mol. The number of rotatable bonds is 35. The van der Waals surface area contributed by atoms with Crippen LogP contribution in [0.5, 0.6) is 17.2 Å². The van der Waals surface area contributed by atoms with Gasteiger partial charge in [-0.15, -0.1) is 0 Å². The number of ketones is 3. The van der Waals surface area contributed by atoms with Crippen LogP contribution in [-0.2, 0) is 62.4 Å². The Morgan fingerprint density at radius 1 is 0.356 bits per heavy atom. The maximum absolute atomic E-state index is 13.3. The summed E-state index contributed by atoms with van der Waals surface area (Å²) in [6, 6.07) is 41.8. The standard InChI is InChI=1S/C27H31N3O5.C27H33N3O5.C26H31N3O5/c1-35-21-9-5-8-19(16-21)25(32)30-23(15-18-10-11-18)26(33)29-22(14-17-6-3-2-4-7-17)24(31)27(34)28-20-12-13-20;1-17(2)14-23(30-25(32)19-10-7-11-21(16-19)35-3)26(33)29-22(15-18-8-5-4-6-9-18)24(31)27(34)28-20-12-13-20;1-16(2)22(29-24(31)18-10-7-11-20(15-18)34-3)25(32)28-21(14-17-8-5-4-6-9-17)23(30)26(33)27-19-12-13-19/h2-9,16,18,20,22-23H,10-15H2,1H3,(H,28,34)(H,29,33)(H,30,32);4-11,16-17,20,22-23H,12-15H2,1-3H3,(H,28,34)(H,29,33)(H,30,32);4-11,15-16,19,21-22H,12-14H2,1-3H3,(H,27,33)(H,28,32)(H,29,31)/t2*22?,23-;21?,22-/m000/s1.